The highest BCUT2D eigenvalue weighted by Gasteiger charge is 2.51. The van der Waals surface area contributed by atoms with Crippen LogP contribution in [0.4, 0.5) is 0 Å². The highest BCUT2D eigenvalue weighted by Crippen LogP contribution is 2.39. The smallest absolute Gasteiger partial charge is 0.330 e. The SMILES string of the molecule is O=C(O)C1N=CN2C3=CC=CCC3N3CC=CC3C12. The van der Waals surface area contributed by atoms with E-state index in [1.807, 2.05) is 0 Å². The Morgan fingerprint density at radius 2 is 2.32 bits per heavy atom. The first-order valence-electron chi connectivity index (χ1n) is 6.61. The molecule has 1 N–H and O–H groups in total. The molecule has 0 saturated carbocycles. The third-order valence-corrected chi connectivity index (χ3v) is 4.43. The van der Waals surface area contributed by atoms with Crippen LogP contribution in [-0.4, -0.2) is 57.9 Å². The Kier molecular flexibility index (Phi) is 2.20. The lowest BCUT2D eigenvalue weighted by atomic mass is 9.90. The molecule has 1 fully saturated rings. The molecule has 0 aromatic heterocycles. The fraction of sp³-hybridized carbons (Fsp3) is 0.429. The average Bonchev–Trinajstić information content (AvgIpc) is 3.05. The molecule has 19 heavy (non-hydrogen) atoms. The van der Waals surface area contributed by atoms with Crippen LogP contribution in [0.25, 0.3) is 0 Å². The van der Waals surface area contributed by atoms with Crippen molar-refractivity contribution in [1.29, 1.82) is 0 Å². The maximum Gasteiger partial charge on any atom is 0.330 e. The van der Waals surface area contributed by atoms with Gasteiger partial charge in [-0.3, -0.25) is 9.89 Å². The van der Waals surface area contributed by atoms with Gasteiger partial charge in [0, 0.05) is 12.2 Å². The summed E-state index contributed by atoms with van der Waals surface area (Å²) in [5.74, 6) is -0.839. The summed E-state index contributed by atoms with van der Waals surface area (Å²) in [6, 6.07) is -0.272. The highest BCUT2D eigenvalue weighted by molar-refractivity contribution is 5.81. The normalized spacial score (nSPS) is 38.9. The van der Waals surface area contributed by atoms with Crippen molar-refractivity contribution in [1.82, 2.24) is 9.80 Å². The zero-order valence-corrected chi connectivity index (χ0v) is 10.4. The molecule has 0 aromatic rings. The molecule has 4 unspecified atom stereocenters. The van der Waals surface area contributed by atoms with E-state index in [4.69, 9.17) is 0 Å². The quantitative estimate of drug-likeness (QED) is 0.700. The van der Waals surface area contributed by atoms with Gasteiger partial charge in [0.15, 0.2) is 6.04 Å². The molecule has 98 valence electrons. The van der Waals surface area contributed by atoms with Crippen LogP contribution in [0.15, 0.2) is 41.1 Å². The Hall–Kier alpha value is -1.88. The summed E-state index contributed by atoms with van der Waals surface area (Å²) >= 11 is 0. The topological polar surface area (TPSA) is 56.1 Å². The summed E-state index contributed by atoms with van der Waals surface area (Å²) in [6.45, 7) is 0.900. The van der Waals surface area contributed by atoms with E-state index in [1.165, 1.54) is 5.70 Å². The van der Waals surface area contributed by atoms with Gasteiger partial charge in [0.05, 0.1) is 24.5 Å². The molecular formula is C14H15N3O2. The van der Waals surface area contributed by atoms with Crippen molar-refractivity contribution in [2.24, 2.45) is 4.99 Å². The first kappa shape index (κ1) is 11.0. The fourth-order valence-corrected chi connectivity index (χ4v) is 3.63. The van der Waals surface area contributed by atoms with Gasteiger partial charge in [0.25, 0.3) is 0 Å². The number of hydrogen-bond donors (Lipinski definition) is 1. The van der Waals surface area contributed by atoms with Crippen molar-refractivity contribution in [3.63, 3.8) is 0 Å². The van der Waals surface area contributed by atoms with Gasteiger partial charge in [-0.1, -0.05) is 24.3 Å². The summed E-state index contributed by atoms with van der Waals surface area (Å²) < 4.78 is 0. The number of hydrogen-bond acceptors (Lipinski definition) is 4. The highest BCUT2D eigenvalue weighted by atomic mass is 16.4. The van der Waals surface area contributed by atoms with Gasteiger partial charge >= 0.3 is 5.97 Å². The third-order valence-electron chi connectivity index (χ3n) is 4.43. The Labute approximate surface area is 111 Å². The monoisotopic (exact) mass is 257 g/mol. The molecule has 4 rings (SSSR count). The van der Waals surface area contributed by atoms with Gasteiger partial charge in [0.2, 0.25) is 0 Å². The van der Waals surface area contributed by atoms with Crippen LogP contribution < -0.4 is 0 Å². The van der Waals surface area contributed by atoms with Crippen molar-refractivity contribution in [2.75, 3.05) is 6.54 Å². The van der Waals surface area contributed by atoms with Gasteiger partial charge in [0.1, 0.15) is 0 Å². The van der Waals surface area contributed by atoms with E-state index in [-0.39, 0.29) is 12.1 Å². The summed E-state index contributed by atoms with van der Waals surface area (Å²) in [4.78, 5) is 20.1. The fourth-order valence-electron chi connectivity index (χ4n) is 3.63. The van der Waals surface area contributed by atoms with Crippen LogP contribution in [0, 0.1) is 0 Å². The minimum absolute atomic E-state index is 0.106. The van der Waals surface area contributed by atoms with Crippen molar-refractivity contribution in [2.45, 2.75) is 30.6 Å². The minimum Gasteiger partial charge on any atom is -0.480 e. The van der Waals surface area contributed by atoms with E-state index in [2.05, 4.69) is 45.2 Å². The molecule has 4 atom stereocenters. The molecular weight excluding hydrogens is 242 g/mol. The second-order valence-electron chi connectivity index (χ2n) is 5.33. The molecule has 0 aromatic carbocycles. The number of fused-ring (bicyclic) bond motifs is 6. The van der Waals surface area contributed by atoms with Crippen molar-refractivity contribution in [3.05, 3.63) is 36.1 Å². The molecule has 3 aliphatic heterocycles. The van der Waals surface area contributed by atoms with Gasteiger partial charge in [-0.2, -0.15) is 0 Å². The second kappa shape index (κ2) is 3.81. The lowest BCUT2D eigenvalue weighted by Crippen LogP contribution is -2.62. The van der Waals surface area contributed by atoms with E-state index in [1.54, 1.807) is 6.34 Å². The van der Waals surface area contributed by atoms with Crippen LogP contribution >= 0.6 is 0 Å². The molecule has 3 heterocycles. The third kappa shape index (κ3) is 1.39. The number of carboxylic acid groups (broad SMARTS) is 1. The molecule has 1 aliphatic carbocycles. The number of carbonyl (C=O) groups is 1. The van der Waals surface area contributed by atoms with Crippen molar-refractivity contribution < 1.29 is 9.90 Å². The van der Waals surface area contributed by atoms with E-state index < -0.39 is 12.0 Å². The molecule has 0 bridgehead atoms. The zero-order valence-electron chi connectivity index (χ0n) is 10.4. The molecule has 0 spiro atoms. The first-order valence-corrected chi connectivity index (χ1v) is 6.61. The first-order chi connectivity index (χ1) is 9.27. The molecule has 4 aliphatic rings. The van der Waals surface area contributed by atoms with E-state index >= 15 is 0 Å². The molecule has 5 nitrogen and oxygen atoms in total. The van der Waals surface area contributed by atoms with Gasteiger partial charge < -0.3 is 10.0 Å². The van der Waals surface area contributed by atoms with Crippen LogP contribution in [0.5, 0.6) is 0 Å². The van der Waals surface area contributed by atoms with Gasteiger partial charge in [-0.15, -0.1) is 0 Å². The summed E-state index contributed by atoms with van der Waals surface area (Å²) in [5, 5.41) is 9.35. The lowest BCUT2D eigenvalue weighted by Gasteiger charge is -2.49. The lowest BCUT2D eigenvalue weighted by molar-refractivity contribution is -0.140. The predicted octanol–water partition coefficient (Wildman–Crippen LogP) is 0.619. The summed E-state index contributed by atoms with van der Waals surface area (Å²) in [7, 11) is 0. The summed E-state index contributed by atoms with van der Waals surface area (Å²) in [5.41, 5.74) is 1.18. The predicted molar refractivity (Wildman–Crippen MR) is 70.8 cm³/mol. The standard InChI is InChI=1S/C14H15N3O2/c18-14(19)12-13-11-6-3-7-16(11)9-4-1-2-5-10(9)17(13)8-15-12/h1-3,5-6,8-9,11-13H,4,7H2,(H,18,19). The van der Waals surface area contributed by atoms with Crippen LogP contribution in [-0.2, 0) is 4.79 Å². The molecule has 1 saturated heterocycles. The van der Waals surface area contributed by atoms with E-state index in [0.717, 1.165) is 13.0 Å². The zero-order chi connectivity index (χ0) is 13.0. The van der Waals surface area contributed by atoms with Crippen LogP contribution in [0.3, 0.4) is 0 Å². The molecule has 0 amide bonds. The Morgan fingerprint density at radius 1 is 1.42 bits per heavy atom. The molecule has 0 radical (unpaired) electrons. The maximum atomic E-state index is 11.4. The number of aliphatic carboxylic acids is 1. The minimum atomic E-state index is -0.839. The second-order valence-corrected chi connectivity index (χ2v) is 5.33. The number of allylic oxidation sites excluding steroid dienone is 2. The van der Waals surface area contributed by atoms with Crippen molar-refractivity contribution >= 4 is 12.3 Å². The summed E-state index contributed by atoms with van der Waals surface area (Å²) in [6.07, 6.45) is 13.3. The number of aliphatic imine (C=N–C) groups is 1. The maximum absolute atomic E-state index is 11.4. The van der Waals surface area contributed by atoms with Crippen molar-refractivity contribution in [3.8, 4) is 0 Å². The van der Waals surface area contributed by atoms with Gasteiger partial charge in [-0.05, 0) is 12.5 Å². The number of piperazine rings is 1. The number of rotatable bonds is 1. The Morgan fingerprint density at radius 3 is 3.16 bits per heavy atom. The van der Waals surface area contributed by atoms with E-state index in [9.17, 15) is 9.90 Å². The van der Waals surface area contributed by atoms with Crippen LogP contribution in [0.1, 0.15) is 6.42 Å². The number of carboxylic acids is 1. The van der Waals surface area contributed by atoms with E-state index in [0.29, 0.717) is 6.04 Å². The van der Waals surface area contributed by atoms with Crippen LogP contribution in [0.2, 0.25) is 0 Å². The molecule has 5 heteroatoms. The average molecular weight is 257 g/mol. The largest absolute Gasteiger partial charge is 0.480 e. The number of nitrogens with zero attached hydrogens (tertiary/aromatic N) is 3. The Balaban J connectivity index is 1.79. The Bertz CT molecular complexity index is 549. The van der Waals surface area contributed by atoms with Gasteiger partial charge in [-0.25, -0.2) is 4.79 Å².